The van der Waals surface area contributed by atoms with Crippen LogP contribution in [0, 0.1) is 12.7 Å². The van der Waals surface area contributed by atoms with Gasteiger partial charge >= 0.3 is 6.03 Å². The first-order chi connectivity index (χ1) is 15.4. The predicted molar refractivity (Wildman–Crippen MR) is 129 cm³/mol. The Balaban J connectivity index is 1.40. The van der Waals surface area contributed by atoms with Crippen LogP contribution >= 0.6 is 0 Å². The van der Waals surface area contributed by atoms with Gasteiger partial charge in [0.25, 0.3) is 0 Å². The molecule has 2 saturated heterocycles. The number of para-hydroxylation sites is 1. The topological polar surface area (TPSA) is 38.8 Å². The molecule has 2 aromatic rings. The van der Waals surface area contributed by atoms with E-state index in [0.717, 1.165) is 44.7 Å². The standard InChI is InChI=1S/C26H35FN4O/c1-19(2)29-15-17-30(18-16-29)24-10-6-9-23(27)25(24)28-26(32)31-13-11-21(12-14-31)22-8-5-4-7-20(22)3/h4-10,19,21H,11-18H2,1-3H3,(H,28,32). The Morgan fingerprint density at radius 2 is 1.66 bits per heavy atom. The molecule has 0 atom stereocenters. The SMILES string of the molecule is Cc1ccccc1C1CCN(C(=O)Nc2c(F)cccc2N2CCN(C(C)C)CC2)CC1. The van der Waals surface area contributed by atoms with Gasteiger partial charge < -0.3 is 15.1 Å². The number of rotatable bonds is 4. The summed E-state index contributed by atoms with van der Waals surface area (Å²) in [6.07, 6.45) is 1.86. The van der Waals surface area contributed by atoms with Gasteiger partial charge in [-0.25, -0.2) is 9.18 Å². The van der Waals surface area contributed by atoms with Crippen LogP contribution in [0.25, 0.3) is 0 Å². The van der Waals surface area contributed by atoms with Gasteiger partial charge in [-0.2, -0.15) is 0 Å². The second-order valence-electron chi connectivity index (χ2n) is 9.30. The lowest BCUT2D eigenvalue weighted by Gasteiger charge is -2.39. The summed E-state index contributed by atoms with van der Waals surface area (Å²) < 4.78 is 14.8. The molecule has 0 radical (unpaired) electrons. The number of anilines is 2. The van der Waals surface area contributed by atoms with Crippen molar-refractivity contribution >= 4 is 17.4 Å². The second kappa shape index (κ2) is 9.90. The predicted octanol–water partition coefficient (Wildman–Crippen LogP) is 5.08. The minimum atomic E-state index is -0.378. The van der Waals surface area contributed by atoms with Gasteiger partial charge in [0.2, 0.25) is 0 Å². The van der Waals surface area contributed by atoms with Crippen LogP contribution in [0.15, 0.2) is 42.5 Å². The Hall–Kier alpha value is -2.60. The molecule has 2 amide bonds. The fourth-order valence-corrected chi connectivity index (χ4v) is 5.00. The van der Waals surface area contributed by atoms with Gasteiger partial charge in [0.05, 0.1) is 5.69 Å². The van der Waals surface area contributed by atoms with E-state index in [1.54, 1.807) is 6.07 Å². The molecule has 2 aliphatic heterocycles. The molecule has 0 saturated carbocycles. The molecule has 32 heavy (non-hydrogen) atoms. The average molecular weight is 439 g/mol. The minimum absolute atomic E-state index is 0.208. The van der Waals surface area contributed by atoms with Crippen molar-refractivity contribution in [3.05, 3.63) is 59.4 Å². The number of nitrogens with zero attached hydrogens (tertiary/aromatic N) is 3. The number of amides is 2. The maximum absolute atomic E-state index is 14.8. The fraction of sp³-hybridized carbons (Fsp3) is 0.500. The first kappa shape index (κ1) is 22.6. The maximum Gasteiger partial charge on any atom is 0.321 e. The van der Waals surface area contributed by atoms with Crippen LogP contribution in [-0.4, -0.2) is 61.1 Å². The van der Waals surface area contributed by atoms with Crippen molar-refractivity contribution in [1.29, 1.82) is 0 Å². The number of hydrogen-bond donors (Lipinski definition) is 1. The van der Waals surface area contributed by atoms with Crippen LogP contribution in [0.2, 0.25) is 0 Å². The number of piperazine rings is 1. The first-order valence-electron chi connectivity index (χ1n) is 11.8. The van der Waals surface area contributed by atoms with Crippen molar-refractivity contribution in [1.82, 2.24) is 9.80 Å². The molecule has 0 bridgehead atoms. The molecule has 2 aromatic carbocycles. The number of urea groups is 1. The van der Waals surface area contributed by atoms with E-state index < -0.39 is 0 Å². The highest BCUT2D eigenvalue weighted by Crippen LogP contribution is 2.32. The quantitative estimate of drug-likeness (QED) is 0.724. The monoisotopic (exact) mass is 438 g/mol. The number of benzene rings is 2. The van der Waals surface area contributed by atoms with E-state index in [-0.39, 0.29) is 11.8 Å². The van der Waals surface area contributed by atoms with Gasteiger partial charge in [-0.1, -0.05) is 30.3 Å². The molecule has 172 valence electrons. The Labute approximate surface area is 191 Å². The summed E-state index contributed by atoms with van der Waals surface area (Å²) in [6, 6.07) is 13.9. The van der Waals surface area contributed by atoms with Crippen LogP contribution in [0.5, 0.6) is 0 Å². The summed E-state index contributed by atoms with van der Waals surface area (Å²) in [6.45, 7) is 11.4. The molecule has 2 heterocycles. The van der Waals surface area contributed by atoms with Crippen LogP contribution in [-0.2, 0) is 0 Å². The van der Waals surface area contributed by atoms with Crippen molar-refractivity contribution < 1.29 is 9.18 Å². The maximum atomic E-state index is 14.8. The highest BCUT2D eigenvalue weighted by Gasteiger charge is 2.27. The lowest BCUT2D eigenvalue weighted by molar-refractivity contribution is 0.194. The van der Waals surface area contributed by atoms with E-state index in [0.29, 0.717) is 30.7 Å². The number of hydrogen-bond acceptors (Lipinski definition) is 3. The number of likely N-dealkylation sites (tertiary alicyclic amines) is 1. The molecular weight excluding hydrogens is 403 g/mol. The van der Waals surface area contributed by atoms with E-state index in [2.05, 4.69) is 60.2 Å². The van der Waals surface area contributed by atoms with Crippen LogP contribution < -0.4 is 10.2 Å². The summed E-state index contributed by atoms with van der Waals surface area (Å²) in [7, 11) is 0. The van der Waals surface area contributed by atoms with Crippen LogP contribution in [0.4, 0.5) is 20.6 Å². The lowest BCUT2D eigenvalue weighted by atomic mass is 9.87. The largest absolute Gasteiger partial charge is 0.367 e. The highest BCUT2D eigenvalue weighted by molar-refractivity contribution is 5.93. The normalized spacial score (nSPS) is 18.3. The number of carbonyl (C=O) groups is 1. The van der Waals surface area contributed by atoms with Gasteiger partial charge in [0, 0.05) is 45.3 Å². The van der Waals surface area contributed by atoms with Gasteiger partial charge in [-0.3, -0.25) is 4.90 Å². The molecule has 2 aliphatic rings. The number of nitrogens with one attached hydrogen (secondary N) is 1. The molecule has 1 N–H and O–H groups in total. The molecular formula is C26H35FN4O. The molecule has 0 unspecified atom stereocenters. The number of carbonyl (C=O) groups excluding carboxylic acids is 1. The third-order valence-corrected chi connectivity index (χ3v) is 7.02. The molecule has 0 aromatic heterocycles. The van der Waals surface area contributed by atoms with Gasteiger partial charge in [-0.15, -0.1) is 0 Å². The lowest BCUT2D eigenvalue weighted by Crippen LogP contribution is -2.49. The zero-order valence-corrected chi connectivity index (χ0v) is 19.5. The average Bonchev–Trinajstić information content (AvgIpc) is 2.81. The smallest absolute Gasteiger partial charge is 0.321 e. The molecule has 2 fully saturated rings. The van der Waals surface area contributed by atoms with Crippen molar-refractivity contribution in [2.24, 2.45) is 0 Å². The summed E-state index contributed by atoms with van der Waals surface area (Å²) in [5, 5.41) is 2.90. The van der Waals surface area contributed by atoms with Crippen molar-refractivity contribution in [2.45, 2.75) is 45.6 Å². The fourth-order valence-electron chi connectivity index (χ4n) is 5.00. The number of halogens is 1. The van der Waals surface area contributed by atoms with E-state index in [1.807, 2.05) is 11.0 Å². The summed E-state index contributed by atoms with van der Waals surface area (Å²) in [4.78, 5) is 19.5. The van der Waals surface area contributed by atoms with E-state index in [9.17, 15) is 9.18 Å². The van der Waals surface area contributed by atoms with Crippen molar-refractivity contribution in [3.8, 4) is 0 Å². The molecule has 0 spiro atoms. The second-order valence-corrected chi connectivity index (χ2v) is 9.30. The Morgan fingerprint density at radius 3 is 2.31 bits per heavy atom. The molecule has 5 nitrogen and oxygen atoms in total. The Bertz CT molecular complexity index is 931. The van der Waals surface area contributed by atoms with E-state index in [1.165, 1.54) is 17.2 Å². The first-order valence-corrected chi connectivity index (χ1v) is 11.8. The van der Waals surface area contributed by atoms with Crippen LogP contribution in [0.3, 0.4) is 0 Å². The molecule has 4 rings (SSSR count). The van der Waals surface area contributed by atoms with Gasteiger partial charge in [0.15, 0.2) is 0 Å². The third-order valence-electron chi connectivity index (χ3n) is 7.02. The minimum Gasteiger partial charge on any atom is -0.367 e. The van der Waals surface area contributed by atoms with Crippen LogP contribution in [0.1, 0.15) is 43.7 Å². The zero-order valence-electron chi connectivity index (χ0n) is 19.5. The third kappa shape index (κ3) is 4.90. The summed E-state index contributed by atoms with van der Waals surface area (Å²) in [5.74, 6) is 0.0958. The zero-order chi connectivity index (χ0) is 22.7. The summed E-state index contributed by atoms with van der Waals surface area (Å²) >= 11 is 0. The van der Waals surface area contributed by atoms with E-state index in [4.69, 9.17) is 0 Å². The van der Waals surface area contributed by atoms with Gasteiger partial charge in [-0.05, 0) is 62.8 Å². The van der Waals surface area contributed by atoms with Gasteiger partial charge in [0.1, 0.15) is 11.5 Å². The Kier molecular flexibility index (Phi) is 6.99. The summed E-state index contributed by atoms with van der Waals surface area (Å²) in [5.41, 5.74) is 3.77. The molecule has 6 heteroatoms. The number of piperidine rings is 1. The molecule has 0 aliphatic carbocycles. The van der Waals surface area contributed by atoms with Crippen molar-refractivity contribution in [3.63, 3.8) is 0 Å². The number of aryl methyl sites for hydroxylation is 1. The van der Waals surface area contributed by atoms with E-state index >= 15 is 0 Å². The van der Waals surface area contributed by atoms with Crippen molar-refractivity contribution in [2.75, 3.05) is 49.5 Å². The highest BCUT2D eigenvalue weighted by atomic mass is 19.1. The Morgan fingerprint density at radius 1 is 0.969 bits per heavy atom.